The topological polar surface area (TPSA) is 78.2 Å². The first-order valence-corrected chi connectivity index (χ1v) is 6.29. The molecule has 0 unspecified atom stereocenters. The number of fused-ring (bicyclic) bond motifs is 1. The van der Waals surface area contributed by atoms with Gasteiger partial charge >= 0.3 is 5.82 Å². The van der Waals surface area contributed by atoms with E-state index in [4.69, 9.17) is 4.74 Å². The molecule has 0 aliphatic carbocycles. The van der Waals surface area contributed by atoms with E-state index in [1.807, 2.05) is 30.3 Å². The fourth-order valence-electron chi connectivity index (χ4n) is 1.96. The molecule has 3 rings (SSSR count). The number of aromatic nitrogens is 2. The van der Waals surface area contributed by atoms with E-state index < -0.39 is 4.92 Å². The standard InChI is InChI=1S/C15H11N3O3/c1-10-6-8-13(15(16-10)18(19)20)21-14-9-7-11-4-2-3-5-12(11)17-14/h2-9H,1H3. The van der Waals surface area contributed by atoms with Crippen molar-refractivity contribution < 1.29 is 9.66 Å². The summed E-state index contributed by atoms with van der Waals surface area (Å²) in [6.07, 6.45) is 0. The number of ether oxygens (including phenoxy) is 1. The molecule has 2 aromatic heterocycles. The molecule has 0 atom stereocenters. The van der Waals surface area contributed by atoms with Crippen LogP contribution in [0.2, 0.25) is 0 Å². The highest BCUT2D eigenvalue weighted by Crippen LogP contribution is 2.29. The number of hydrogen-bond acceptors (Lipinski definition) is 5. The fourth-order valence-corrected chi connectivity index (χ4v) is 1.96. The molecule has 6 heteroatoms. The first kappa shape index (κ1) is 13.0. The highest BCUT2D eigenvalue weighted by atomic mass is 16.6. The molecular weight excluding hydrogens is 270 g/mol. The Labute approximate surface area is 120 Å². The molecule has 0 aliphatic heterocycles. The van der Waals surface area contributed by atoms with E-state index in [1.54, 1.807) is 19.1 Å². The van der Waals surface area contributed by atoms with Gasteiger partial charge in [0.1, 0.15) is 5.69 Å². The van der Waals surface area contributed by atoms with Crippen LogP contribution in [0.25, 0.3) is 10.9 Å². The number of hydrogen-bond donors (Lipinski definition) is 0. The molecule has 104 valence electrons. The van der Waals surface area contributed by atoms with E-state index in [1.165, 1.54) is 6.07 Å². The Bertz CT molecular complexity index is 833. The monoisotopic (exact) mass is 281 g/mol. The van der Waals surface area contributed by atoms with E-state index in [2.05, 4.69) is 9.97 Å². The van der Waals surface area contributed by atoms with Gasteiger partial charge in [-0.05, 0) is 34.2 Å². The van der Waals surface area contributed by atoms with E-state index in [0.717, 1.165) is 10.9 Å². The smallest absolute Gasteiger partial charge is 0.407 e. The summed E-state index contributed by atoms with van der Waals surface area (Å²) in [4.78, 5) is 18.7. The van der Waals surface area contributed by atoms with Crippen LogP contribution in [0.3, 0.4) is 0 Å². The molecule has 0 saturated heterocycles. The van der Waals surface area contributed by atoms with Gasteiger partial charge in [0.25, 0.3) is 0 Å². The Morgan fingerprint density at radius 3 is 2.67 bits per heavy atom. The third kappa shape index (κ3) is 2.64. The van der Waals surface area contributed by atoms with Crippen molar-refractivity contribution in [3.05, 3.63) is 64.3 Å². The predicted molar refractivity (Wildman–Crippen MR) is 77.4 cm³/mol. The van der Waals surface area contributed by atoms with Crippen LogP contribution >= 0.6 is 0 Å². The highest BCUT2D eigenvalue weighted by Gasteiger charge is 2.18. The average molecular weight is 281 g/mol. The van der Waals surface area contributed by atoms with Crippen LogP contribution in [0.15, 0.2) is 48.5 Å². The van der Waals surface area contributed by atoms with Gasteiger partial charge in [-0.3, -0.25) is 0 Å². The third-order valence-corrected chi connectivity index (χ3v) is 2.94. The van der Waals surface area contributed by atoms with Crippen LogP contribution in [0.1, 0.15) is 5.69 Å². The van der Waals surface area contributed by atoms with Crippen LogP contribution < -0.4 is 4.74 Å². The van der Waals surface area contributed by atoms with Gasteiger partial charge in [-0.1, -0.05) is 18.2 Å². The number of para-hydroxylation sites is 1. The van der Waals surface area contributed by atoms with Crippen LogP contribution in [-0.4, -0.2) is 14.9 Å². The van der Waals surface area contributed by atoms with Crippen molar-refractivity contribution in [3.63, 3.8) is 0 Å². The molecule has 21 heavy (non-hydrogen) atoms. The molecule has 0 aliphatic rings. The fraction of sp³-hybridized carbons (Fsp3) is 0.0667. The molecule has 0 radical (unpaired) electrons. The number of pyridine rings is 2. The summed E-state index contributed by atoms with van der Waals surface area (Å²) < 4.78 is 5.52. The number of rotatable bonds is 3. The molecule has 0 fully saturated rings. The lowest BCUT2D eigenvalue weighted by Gasteiger charge is -2.06. The van der Waals surface area contributed by atoms with Crippen LogP contribution in [0, 0.1) is 17.0 Å². The van der Waals surface area contributed by atoms with E-state index in [-0.39, 0.29) is 11.6 Å². The lowest BCUT2D eigenvalue weighted by Crippen LogP contribution is -1.98. The molecule has 6 nitrogen and oxygen atoms in total. The Balaban J connectivity index is 2.00. The minimum Gasteiger partial charge on any atom is -0.430 e. The Morgan fingerprint density at radius 1 is 1.05 bits per heavy atom. The summed E-state index contributed by atoms with van der Waals surface area (Å²) in [5.41, 5.74) is 1.32. The van der Waals surface area contributed by atoms with E-state index in [0.29, 0.717) is 11.6 Å². The second-order valence-corrected chi connectivity index (χ2v) is 4.48. The van der Waals surface area contributed by atoms with E-state index >= 15 is 0 Å². The molecule has 0 amide bonds. The second-order valence-electron chi connectivity index (χ2n) is 4.48. The van der Waals surface area contributed by atoms with Crippen molar-refractivity contribution in [1.29, 1.82) is 0 Å². The van der Waals surface area contributed by atoms with Gasteiger partial charge in [-0.25, -0.2) is 4.98 Å². The number of aryl methyl sites for hydroxylation is 1. The van der Waals surface area contributed by atoms with Crippen molar-refractivity contribution in [2.24, 2.45) is 0 Å². The van der Waals surface area contributed by atoms with Crippen molar-refractivity contribution in [3.8, 4) is 11.6 Å². The van der Waals surface area contributed by atoms with Crippen molar-refractivity contribution >= 4 is 16.7 Å². The summed E-state index contributed by atoms with van der Waals surface area (Å²) in [6.45, 7) is 1.69. The summed E-state index contributed by atoms with van der Waals surface area (Å²) in [5, 5.41) is 12.0. The van der Waals surface area contributed by atoms with Crippen molar-refractivity contribution in [1.82, 2.24) is 9.97 Å². The Morgan fingerprint density at radius 2 is 1.86 bits per heavy atom. The van der Waals surface area contributed by atoms with Gasteiger partial charge in [0.05, 0.1) is 5.52 Å². The zero-order chi connectivity index (χ0) is 14.8. The molecule has 0 N–H and O–H groups in total. The zero-order valence-electron chi connectivity index (χ0n) is 11.2. The first-order chi connectivity index (χ1) is 10.1. The molecule has 1 aromatic carbocycles. The summed E-state index contributed by atoms with van der Waals surface area (Å²) in [5.74, 6) is 0.0563. The summed E-state index contributed by atoms with van der Waals surface area (Å²) >= 11 is 0. The molecule has 0 saturated carbocycles. The molecule has 3 aromatic rings. The SMILES string of the molecule is Cc1ccc(Oc2ccc3ccccc3n2)c([N+](=O)[O-])n1. The third-order valence-electron chi connectivity index (χ3n) is 2.94. The van der Waals surface area contributed by atoms with Crippen molar-refractivity contribution in [2.45, 2.75) is 6.92 Å². The Hall–Kier alpha value is -3.02. The molecule has 0 bridgehead atoms. The van der Waals surface area contributed by atoms with Crippen LogP contribution in [0.5, 0.6) is 11.6 Å². The van der Waals surface area contributed by atoms with Gasteiger partial charge < -0.3 is 14.9 Å². The number of nitrogens with zero attached hydrogens (tertiary/aromatic N) is 3. The predicted octanol–water partition coefficient (Wildman–Crippen LogP) is 3.64. The van der Waals surface area contributed by atoms with Gasteiger partial charge in [-0.15, -0.1) is 0 Å². The summed E-state index contributed by atoms with van der Waals surface area (Å²) in [7, 11) is 0. The molecular formula is C15H11N3O3. The van der Waals surface area contributed by atoms with Crippen molar-refractivity contribution in [2.75, 3.05) is 0 Å². The Kier molecular flexibility index (Phi) is 3.19. The van der Waals surface area contributed by atoms with Gasteiger partial charge in [0, 0.05) is 18.4 Å². The lowest BCUT2D eigenvalue weighted by molar-refractivity contribution is -0.390. The normalized spacial score (nSPS) is 10.5. The molecule has 0 spiro atoms. The number of nitro groups is 1. The molecule has 2 heterocycles. The maximum absolute atomic E-state index is 11.0. The largest absolute Gasteiger partial charge is 0.430 e. The second kappa shape index (κ2) is 5.16. The maximum Gasteiger partial charge on any atom is 0.407 e. The van der Waals surface area contributed by atoms with E-state index in [9.17, 15) is 10.1 Å². The highest BCUT2D eigenvalue weighted by molar-refractivity contribution is 5.78. The average Bonchev–Trinajstić information content (AvgIpc) is 2.49. The van der Waals surface area contributed by atoms with Gasteiger partial charge in [0.15, 0.2) is 0 Å². The minimum atomic E-state index is -0.566. The summed E-state index contributed by atoms with van der Waals surface area (Å²) in [6, 6.07) is 14.3. The maximum atomic E-state index is 11.0. The lowest BCUT2D eigenvalue weighted by atomic mass is 10.2. The quantitative estimate of drug-likeness (QED) is 0.541. The van der Waals surface area contributed by atoms with Crippen LogP contribution in [0.4, 0.5) is 5.82 Å². The van der Waals surface area contributed by atoms with Gasteiger partial charge in [0.2, 0.25) is 11.6 Å². The zero-order valence-corrected chi connectivity index (χ0v) is 11.2. The number of benzene rings is 1. The van der Waals surface area contributed by atoms with Crippen LogP contribution in [-0.2, 0) is 0 Å². The van der Waals surface area contributed by atoms with Gasteiger partial charge in [-0.2, -0.15) is 0 Å². The minimum absolute atomic E-state index is 0.0772. The first-order valence-electron chi connectivity index (χ1n) is 6.29.